The fourth-order valence-corrected chi connectivity index (χ4v) is 4.93. The minimum atomic E-state index is 0.0147. The molecule has 9 nitrogen and oxygen atoms in total. The number of amides is 1. The first-order chi connectivity index (χ1) is 16.6. The number of benzene rings is 1. The van der Waals surface area contributed by atoms with Gasteiger partial charge in [0.05, 0.1) is 24.8 Å². The summed E-state index contributed by atoms with van der Waals surface area (Å²) in [6.45, 7) is 7.86. The van der Waals surface area contributed by atoms with Crippen LogP contribution in [0.1, 0.15) is 56.1 Å². The van der Waals surface area contributed by atoms with Crippen molar-refractivity contribution in [3.8, 4) is 11.4 Å². The van der Waals surface area contributed by atoms with Gasteiger partial charge < -0.3 is 9.84 Å². The van der Waals surface area contributed by atoms with E-state index in [-0.39, 0.29) is 11.9 Å². The van der Waals surface area contributed by atoms with Gasteiger partial charge in [-0.2, -0.15) is 10.1 Å². The molecule has 2 fully saturated rings. The predicted octanol–water partition coefficient (Wildman–Crippen LogP) is 3.67. The number of carbonyl (C=O) groups excluding carboxylic acids is 1. The molecule has 1 N–H and O–H groups in total. The van der Waals surface area contributed by atoms with E-state index in [1.54, 1.807) is 6.20 Å². The van der Waals surface area contributed by atoms with Gasteiger partial charge in [-0.05, 0) is 26.7 Å². The van der Waals surface area contributed by atoms with Crippen LogP contribution in [-0.2, 0) is 4.79 Å². The van der Waals surface area contributed by atoms with Crippen molar-refractivity contribution in [3.63, 3.8) is 0 Å². The third-order valence-corrected chi connectivity index (χ3v) is 7.04. The van der Waals surface area contributed by atoms with Crippen LogP contribution >= 0.6 is 0 Å². The Kier molecular flexibility index (Phi) is 6.73. The molecule has 5 rings (SSSR count). The number of aromatic nitrogens is 4. The highest BCUT2D eigenvalue weighted by atomic mass is 16.5. The Morgan fingerprint density at radius 2 is 1.85 bits per heavy atom. The van der Waals surface area contributed by atoms with Crippen LogP contribution in [0.2, 0.25) is 0 Å². The van der Waals surface area contributed by atoms with Gasteiger partial charge in [0, 0.05) is 37.8 Å². The molecule has 2 aromatic heterocycles. The number of nitrogens with one attached hydrogen (secondary N) is 1. The van der Waals surface area contributed by atoms with E-state index >= 15 is 0 Å². The minimum Gasteiger partial charge on any atom is -0.337 e. The van der Waals surface area contributed by atoms with Crippen molar-refractivity contribution in [3.05, 3.63) is 48.0 Å². The lowest BCUT2D eigenvalue weighted by molar-refractivity contribution is -0.117. The zero-order valence-corrected chi connectivity index (χ0v) is 20.0. The number of carbonyl (C=O) groups is 1. The molecule has 1 saturated carbocycles. The maximum atomic E-state index is 12.7. The predicted molar refractivity (Wildman–Crippen MR) is 129 cm³/mol. The SMILES string of the molecule is Cc1ccc(-c2noc(C(C)N3CCN(CC(=O)Nc4ccnn4C4CCCC4)CC3)n2)cc1. The summed E-state index contributed by atoms with van der Waals surface area (Å²) in [5.41, 5.74) is 2.16. The van der Waals surface area contributed by atoms with Crippen LogP contribution in [0.4, 0.5) is 5.82 Å². The lowest BCUT2D eigenvalue weighted by Crippen LogP contribution is -2.49. The van der Waals surface area contributed by atoms with Crippen molar-refractivity contribution < 1.29 is 9.32 Å². The molecular formula is C25H33N7O2. The molecule has 0 radical (unpaired) electrons. The molecule has 0 bridgehead atoms. The molecule has 180 valence electrons. The standard InChI is InChI=1S/C25H33N7O2/c1-18-7-9-20(10-8-18)24-28-25(34-29-24)19(2)31-15-13-30(14-16-31)17-23(33)27-22-11-12-26-32(22)21-5-3-4-6-21/h7-12,19,21H,3-6,13-17H2,1-2H3,(H,27,33). The number of nitrogens with zero attached hydrogens (tertiary/aromatic N) is 6. The van der Waals surface area contributed by atoms with Crippen molar-refractivity contribution in [2.75, 3.05) is 38.0 Å². The maximum absolute atomic E-state index is 12.7. The molecular weight excluding hydrogens is 430 g/mol. The highest BCUT2D eigenvalue weighted by Crippen LogP contribution is 2.31. The summed E-state index contributed by atoms with van der Waals surface area (Å²) >= 11 is 0. The number of hydrogen-bond acceptors (Lipinski definition) is 7. The van der Waals surface area contributed by atoms with Gasteiger partial charge in [0.1, 0.15) is 5.82 Å². The maximum Gasteiger partial charge on any atom is 0.244 e. The Morgan fingerprint density at radius 1 is 1.12 bits per heavy atom. The Morgan fingerprint density at radius 3 is 2.59 bits per heavy atom. The molecule has 34 heavy (non-hydrogen) atoms. The van der Waals surface area contributed by atoms with Crippen LogP contribution in [0.3, 0.4) is 0 Å². The van der Waals surface area contributed by atoms with E-state index in [9.17, 15) is 4.79 Å². The minimum absolute atomic E-state index is 0.0147. The van der Waals surface area contributed by atoms with Gasteiger partial charge in [-0.25, -0.2) is 4.68 Å². The topological polar surface area (TPSA) is 92.3 Å². The summed E-state index contributed by atoms with van der Waals surface area (Å²) in [5, 5.41) is 11.7. The molecule has 1 aromatic carbocycles. The van der Waals surface area contributed by atoms with Crippen LogP contribution in [0.25, 0.3) is 11.4 Å². The highest BCUT2D eigenvalue weighted by Gasteiger charge is 2.27. The number of hydrogen-bond donors (Lipinski definition) is 1. The van der Waals surface area contributed by atoms with E-state index in [0.29, 0.717) is 24.3 Å². The largest absolute Gasteiger partial charge is 0.337 e. The molecule has 3 heterocycles. The van der Waals surface area contributed by atoms with E-state index in [1.807, 2.05) is 35.0 Å². The molecule has 2 aliphatic rings. The van der Waals surface area contributed by atoms with E-state index in [2.05, 4.69) is 44.2 Å². The average Bonchev–Trinajstić information content (AvgIpc) is 3.61. The monoisotopic (exact) mass is 463 g/mol. The normalized spacial score (nSPS) is 18.9. The number of aryl methyl sites for hydroxylation is 1. The first kappa shape index (κ1) is 22.7. The Hall–Kier alpha value is -3.04. The summed E-state index contributed by atoms with van der Waals surface area (Å²) in [6.07, 6.45) is 6.51. The van der Waals surface area contributed by atoms with Crippen molar-refractivity contribution in [1.82, 2.24) is 29.7 Å². The van der Waals surface area contributed by atoms with Crippen LogP contribution in [0, 0.1) is 6.92 Å². The molecule has 1 unspecified atom stereocenters. The smallest absolute Gasteiger partial charge is 0.244 e. The van der Waals surface area contributed by atoms with E-state index < -0.39 is 0 Å². The zero-order chi connectivity index (χ0) is 23.5. The number of piperazine rings is 1. The molecule has 0 spiro atoms. The third kappa shape index (κ3) is 5.05. The first-order valence-corrected chi connectivity index (χ1v) is 12.3. The van der Waals surface area contributed by atoms with Gasteiger partial charge >= 0.3 is 0 Å². The Labute approximate surface area is 200 Å². The van der Waals surface area contributed by atoms with Crippen LogP contribution in [0.15, 0.2) is 41.1 Å². The van der Waals surface area contributed by atoms with E-state index in [4.69, 9.17) is 4.52 Å². The summed E-state index contributed by atoms with van der Waals surface area (Å²) < 4.78 is 7.56. The van der Waals surface area contributed by atoms with Gasteiger partial charge in [0.15, 0.2) is 0 Å². The van der Waals surface area contributed by atoms with Crippen molar-refractivity contribution in [1.29, 1.82) is 0 Å². The van der Waals surface area contributed by atoms with Crippen LogP contribution in [-0.4, -0.2) is 68.4 Å². The average molecular weight is 464 g/mol. The first-order valence-electron chi connectivity index (χ1n) is 12.3. The van der Waals surface area contributed by atoms with E-state index in [1.165, 1.54) is 18.4 Å². The lowest BCUT2D eigenvalue weighted by atomic mass is 10.1. The summed E-state index contributed by atoms with van der Waals surface area (Å²) in [7, 11) is 0. The molecule has 1 amide bonds. The highest BCUT2D eigenvalue weighted by molar-refractivity contribution is 5.91. The van der Waals surface area contributed by atoms with Gasteiger partial charge in [0.25, 0.3) is 0 Å². The van der Waals surface area contributed by atoms with Crippen molar-refractivity contribution in [2.24, 2.45) is 0 Å². The second-order valence-electron chi connectivity index (χ2n) is 9.46. The molecule has 3 aromatic rings. The molecule has 1 saturated heterocycles. The Balaban J connectivity index is 1.11. The van der Waals surface area contributed by atoms with Crippen LogP contribution in [0.5, 0.6) is 0 Å². The quantitative estimate of drug-likeness (QED) is 0.571. The molecule has 9 heteroatoms. The number of rotatable bonds is 7. The second kappa shape index (κ2) is 10.1. The number of anilines is 1. The molecule has 1 aliphatic heterocycles. The summed E-state index contributed by atoms with van der Waals surface area (Å²) in [5.74, 6) is 2.07. The fourth-order valence-electron chi connectivity index (χ4n) is 4.93. The third-order valence-electron chi connectivity index (χ3n) is 7.04. The fraction of sp³-hybridized carbons (Fsp3) is 0.520. The Bertz CT molecular complexity index is 1090. The van der Waals surface area contributed by atoms with Gasteiger partial charge in [-0.1, -0.05) is 47.8 Å². The summed E-state index contributed by atoms with van der Waals surface area (Å²) in [6, 6.07) is 10.5. The van der Waals surface area contributed by atoms with Gasteiger partial charge in [0.2, 0.25) is 17.6 Å². The lowest BCUT2D eigenvalue weighted by Gasteiger charge is -2.36. The van der Waals surface area contributed by atoms with Crippen LogP contribution < -0.4 is 5.32 Å². The molecule has 1 atom stereocenters. The van der Waals surface area contributed by atoms with E-state index in [0.717, 1.165) is 50.4 Å². The summed E-state index contributed by atoms with van der Waals surface area (Å²) in [4.78, 5) is 21.9. The van der Waals surface area contributed by atoms with Crippen molar-refractivity contribution >= 4 is 11.7 Å². The van der Waals surface area contributed by atoms with Gasteiger partial charge in [-0.3, -0.25) is 14.6 Å². The van der Waals surface area contributed by atoms with Crippen molar-refractivity contribution in [2.45, 2.75) is 51.6 Å². The second-order valence-corrected chi connectivity index (χ2v) is 9.46. The molecule has 1 aliphatic carbocycles. The zero-order valence-electron chi connectivity index (χ0n) is 20.0. The van der Waals surface area contributed by atoms with Gasteiger partial charge in [-0.15, -0.1) is 0 Å².